The van der Waals surface area contributed by atoms with Crippen LogP contribution in [0, 0.1) is 18.7 Å². The minimum Gasteiger partial charge on any atom is -0.309 e. The van der Waals surface area contributed by atoms with Gasteiger partial charge in [0, 0.05) is 28.1 Å². The van der Waals surface area contributed by atoms with E-state index in [0.29, 0.717) is 5.13 Å². The van der Waals surface area contributed by atoms with E-state index in [1.165, 1.54) is 23.5 Å². The van der Waals surface area contributed by atoms with Gasteiger partial charge in [0.05, 0.1) is 11.3 Å². The summed E-state index contributed by atoms with van der Waals surface area (Å²) >= 11 is 1.36. The second kappa shape index (κ2) is 7.57. The van der Waals surface area contributed by atoms with Crippen LogP contribution in [0.2, 0.25) is 0 Å². The van der Waals surface area contributed by atoms with E-state index in [0.717, 1.165) is 46.6 Å². The smallest absolute Gasteiger partial charge is 0.260 e. The number of hydrogen-bond acceptors (Lipinski definition) is 4. The van der Waals surface area contributed by atoms with Gasteiger partial charge in [0.15, 0.2) is 5.13 Å². The SMILES string of the molecule is Cc1sc(NC(=O)c2ccccc2F)nc1-c1ccc2c(c1)CC(C)N2C(=O)C1CC1. The van der Waals surface area contributed by atoms with Crippen LogP contribution in [0.3, 0.4) is 0 Å². The van der Waals surface area contributed by atoms with Gasteiger partial charge in [0.25, 0.3) is 5.91 Å². The number of thiazole rings is 1. The average Bonchev–Trinajstić information content (AvgIpc) is 3.45. The van der Waals surface area contributed by atoms with E-state index < -0.39 is 11.7 Å². The summed E-state index contributed by atoms with van der Waals surface area (Å²) in [5.41, 5.74) is 3.87. The second-order valence-electron chi connectivity index (χ2n) is 8.24. The van der Waals surface area contributed by atoms with Gasteiger partial charge in [-0.1, -0.05) is 18.2 Å². The van der Waals surface area contributed by atoms with E-state index in [-0.39, 0.29) is 23.4 Å². The zero-order valence-electron chi connectivity index (χ0n) is 17.3. The molecule has 2 aliphatic rings. The molecule has 2 heterocycles. The van der Waals surface area contributed by atoms with Crippen LogP contribution in [0.4, 0.5) is 15.2 Å². The summed E-state index contributed by atoms with van der Waals surface area (Å²) < 4.78 is 13.9. The number of carbonyl (C=O) groups excluding carboxylic acids is 2. The van der Waals surface area contributed by atoms with Crippen molar-refractivity contribution in [2.45, 2.75) is 39.2 Å². The van der Waals surface area contributed by atoms with E-state index in [1.807, 2.05) is 24.0 Å². The Bertz CT molecular complexity index is 1200. The van der Waals surface area contributed by atoms with Crippen LogP contribution in [-0.4, -0.2) is 22.8 Å². The lowest BCUT2D eigenvalue weighted by molar-refractivity contribution is -0.120. The molecule has 1 aliphatic heterocycles. The van der Waals surface area contributed by atoms with Crippen molar-refractivity contribution >= 4 is 34.0 Å². The molecule has 1 N–H and O–H groups in total. The Morgan fingerprint density at radius 1 is 1.19 bits per heavy atom. The topological polar surface area (TPSA) is 62.3 Å². The number of aromatic nitrogens is 1. The Hall–Kier alpha value is -3.06. The Kier molecular flexibility index (Phi) is 4.85. The van der Waals surface area contributed by atoms with Gasteiger partial charge in [0.1, 0.15) is 5.82 Å². The summed E-state index contributed by atoms with van der Waals surface area (Å²) in [4.78, 5) is 32.6. The Morgan fingerprint density at radius 2 is 1.97 bits per heavy atom. The van der Waals surface area contributed by atoms with Crippen LogP contribution in [0.15, 0.2) is 42.5 Å². The van der Waals surface area contributed by atoms with E-state index >= 15 is 0 Å². The van der Waals surface area contributed by atoms with Gasteiger partial charge < -0.3 is 4.90 Å². The maximum Gasteiger partial charge on any atom is 0.260 e. The largest absolute Gasteiger partial charge is 0.309 e. The predicted molar refractivity (Wildman–Crippen MR) is 120 cm³/mol. The van der Waals surface area contributed by atoms with Gasteiger partial charge in [0.2, 0.25) is 5.91 Å². The van der Waals surface area contributed by atoms with Crippen molar-refractivity contribution < 1.29 is 14.0 Å². The molecular formula is C24H22FN3O2S. The number of anilines is 2. The zero-order chi connectivity index (χ0) is 21.7. The molecule has 0 spiro atoms. The monoisotopic (exact) mass is 435 g/mol. The van der Waals surface area contributed by atoms with Gasteiger partial charge in [-0.15, -0.1) is 11.3 Å². The highest BCUT2D eigenvalue weighted by molar-refractivity contribution is 7.16. The maximum absolute atomic E-state index is 13.9. The number of amides is 2. The standard InChI is InChI=1S/C24H22FN3O2S/c1-13-11-17-12-16(9-10-20(17)28(13)23(30)15-7-8-15)21-14(2)31-24(26-21)27-22(29)18-5-3-4-6-19(18)25/h3-6,9-10,12-13,15H,7-8,11H2,1-2H3,(H,26,27,29). The number of aryl methyl sites for hydroxylation is 1. The molecule has 0 saturated heterocycles. The molecule has 7 heteroatoms. The molecule has 1 saturated carbocycles. The number of fused-ring (bicyclic) bond motifs is 1. The van der Waals surface area contributed by atoms with Crippen molar-refractivity contribution in [1.82, 2.24) is 4.98 Å². The fraction of sp³-hybridized carbons (Fsp3) is 0.292. The maximum atomic E-state index is 13.9. The predicted octanol–water partition coefficient (Wildman–Crippen LogP) is 5.20. The number of nitrogens with zero attached hydrogens (tertiary/aromatic N) is 2. The lowest BCUT2D eigenvalue weighted by atomic mass is 10.0. The van der Waals surface area contributed by atoms with Crippen LogP contribution in [0.1, 0.15) is 40.6 Å². The number of halogens is 1. The second-order valence-corrected chi connectivity index (χ2v) is 9.44. The molecule has 1 aliphatic carbocycles. The van der Waals surface area contributed by atoms with Crippen molar-refractivity contribution in [2.24, 2.45) is 5.92 Å². The molecular weight excluding hydrogens is 413 g/mol. The summed E-state index contributed by atoms with van der Waals surface area (Å²) in [6.07, 6.45) is 2.81. The summed E-state index contributed by atoms with van der Waals surface area (Å²) in [7, 11) is 0. The zero-order valence-corrected chi connectivity index (χ0v) is 18.1. The highest BCUT2D eigenvalue weighted by Gasteiger charge is 2.39. The molecule has 158 valence electrons. The summed E-state index contributed by atoms with van der Waals surface area (Å²) in [6.45, 7) is 4.04. The third-order valence-electron chi connectivity index (χ3n) is 5.87. The number of rotatable bonds is 4. The van der Waals surface area contributed by atoms with E-state index in [2.05, 4.69) is 23.3 Å². The van der Waals surface area contributed by atoms with Gasteiger partial charge in [-0.05, 0) is 62.9 Å². The van der Waals surface area contributed by atoms with Gasteiger partial charge >= 0.3 is 0 Å². The third kappa shape index (κ3) is 3.63. The fourth-order valence-corrected chi connectivity index (χ4v) is 5.00. The minimum atomic E-state index is -0.563. The number of nitrogens with one attached hydrogen (secondary N) is 1. The first-order chi connectivity index (χ1) is 14.9. The highest BCUT2D eigenvalue weighted by atomic mass is 32.1. The molecule has 1 aromatic heterocycles. The molecule has 1 fully saturated rings. The van der Waals surface area contributed by atoms with E-state index in [9.17, 15) is 14.0 Å². The molecule has 2 amide bonds. The molecule has 2 aromatic carbocycles. The van der Waals surface area contributed by atoms with Gasteiger partial charge in [-0.2, -0.15) is 0 Å². The van der Waals surface area contributed by atoms with E-state index in [1.54, 1.807) is 12.1 Å². The molecule has 5 rings (SSSR count). The summed E-state index contributed by atoms with van der Waals surface area (Å²) in [5.74, 6) is -0.654. The van der Waals surface area contributed by atoms with Gasteiger partial charge in [-0.25, -0.2) is 9.37 Å². The first-order valence-corrected chi connectivity index (χ1v) is 11.2. The number of hydrogen-bond donors (Lipinski definition) is 1. The molecule has 1 unspecified atom stereocenters. The quantitative estimate of drug-likeness (QED) is 0.613. The average molecular weight is 436 g/mol. The Labute approximate surface area is 183 Å². The molecule has 31 heavy (non-hydrogen) atoms. The minimum absolute atomic E-state index is 0.0103. The number of carbonyl (C=O) groups is 2. The molecule has 0 bridgehead atoms. The fourth-order valence-electron chi connectivity index (χ4n) is 4.17. The molecule has 3 aromatic rings. The number of benzene rings is 2. The van der Waals surface area contributed by atoms with Crippen molar-refractivity contribution in [1.29, 1.82) is 0 Å². The van der Waals surface area contributed by atoms with E-state index in [4.69, 9.17) is 0 Å². The molecule has 1 atom stereocenters. The summed E-state index contributed by atoms with van der Waals surface area (Å²) in [5, 5.41) is 3.14. The Balaban J connectivity index is 1.40. The normalized spacial score (nSPS) is 17.5. The van der Waals surface area contributed by atoms with Crippen LogP contribution in [0.25, 0.3) is 11.3 Å². The highest BCUT2D eigenvalue weighted by Crippen LogP contribution is 2.41. The van der Waals surface area contributed by atoms with Crippen molar-refractivity contribution in [3.8, 4) is 11.3 Å². The van der Waals surface area contributed by atoms with Crippen molar-refractivity contribution in [3.63, 3.8) is 0 Å². The molecule has 5 nitrogen and oxygen atoms in total. The van der Waals surface area contributed by atoms with Crippen LogP contribution in [0.5, 0.6) is 0 Å². The first kappa shape index (κ1) is 19.9. The van der Waals surface area contributed by atoms with Gasteiger partial charge in [-0.3, -0.25) is 14.9 Å². The third-order valence-corrected chi connectivity index (χ3v) is 6.75. The lowest BCUT2D eigenvalue weighted by Gasteiger charge is -2.22. The van der Waals surface area contributed by atoms with Crippen molar-refractivity contribution in [2.75, 3.05) is 10.2 Å². The summed E-state index contributed by atoms with van der Waals surface area (Å²) in [6, 6.07) is 12.1. The lowest BCUT2D eigenvalue weighted by Crippen LogP contribution is -2.36. The first-order valence-electron chi connectivity index (χ1n) is 10.4. The van der Waals surface area contributed by atoms with Crippen LogP contribution >= 0.6 is 11.3 Å². The van der Waals surface area contributed by atoms with Crippen LogP contribution < -0.4 is 10.2 Å². The van der Waals surface area contributed by atoms with Crippen LogP contribution in [-0.2, 0) is 11.2 Å². The van der Waals surface area contributed by atoms with Crippen molar-refractivity contribution in [3.05, 3.63) is 64.3 Å². The Morgan fingerprint density at radius 3 is 2.71 bits per heavy atom. The molecule has 0 radical (unpaired) electrons.